The van der Waals surface area contributed by atoms with Gasteiger partial charge in [0.25, 0.3) is 10.2 Å². The van der Waals surface area contributed by atoms with Crippen LogP contribution in [0.5, 0.6) is 0 Å². The Morgan fingerprint density at radius 3 is 2.37 bits per heavy atom. The van der Waals surface area contributed by atoms with E-state index in [0.717, 1.165) is 45.3 Å². The van der Waals surface area contributed by atoms with Crippen molar-refractivity contribution in [1.29, 1.82) is 0 Å². The van der Waals surface area contributed by atoms with Crippen LogP contribution in [0.15, 0.2) is 0 Å². The lowest BCUT2D eigenvalue weighted by Crippen LogP contribution is -2.41. The van der Waals surface area contributed by atoms with Crippen LogP contribution in [0.4, 0.5) is 0 Å². The fourth-order valence-electron chi connectivity index (χ4n) is 3.69. The Bertz CT molecular complexity index is 400. The fourth-order valence-corrected chi connectivity index (χ4v) is 5.60. The summed E-state index contributed by atoms with van der Waals surface area (Å²) in [6, 6.07) is 0.281. The van der Waals surface area contributed by atoms with Gasteiger partial charge in [0.15, 0.2) is 0 Å². The molecule has 2 heterocycles. The third-order valence-electron chi connectivity index (χ3n) is 4.84. The molecule has 110 valence electrons. The van der Waals surface area contributed by atoms with Gasteiger partial charge in [-0.25, -0.2) is 0 Å². The molecule has 3 rings (SSSR count). The Hall–Kier alpha value is -0.170. The van der Waals surface area contributed by atoms with Crippen LogP contribution in [-0.4, -0.2) is 55.8 Å². The zero-order valence-corrected chi connectivity index (χ0v) is 12.4. The molecule has 0 aromatic rings. The lowest BCUT2D eigenvalue weighted by Gasteiger charge is -2.28. The van der Waals surface area contributed by atoms with Crippen molar-refractivity contribution in [2.45, 2.75) is 44.6 Å². The molecule has 0 amide bonds. The first-order chi connectivity index (χ1) is 9.18. The molecule has 2 saturated heterocycles. The molecule has 0 radical (unpaired) electrons. The summed E-state index contributed by atoms with van der Waals surface area (Å²) in [5.74, 6) is 0.541. The van der Waals surface area contributed by atoms with Crippen molar-refractivity contribution in [3.05, 3.63) is 0 Å². The highest BCUT2D eigenvalue weighted by atomic mass is 32.2. The number of hydrogen-bond donors (Lipinski definition) is 1. The van der Waals surface area contributed by atoms with Crippen molar-refractivity contribution in [2.24, 2.45) is 5.92 Å². The van der Waals surface area contributed by atoms with E-state index in [1.54, 1.807) is 8.61 Å². The van der Waals surface area contributed by atoms with Crippen molar-refractivity contribution >= 4 is 10.2 Å². The van der Waals surface area contributed by atoms with Gasteiger partial charge in [-0.2, -0.15) is 17.0 Å². The molecule has 2 aliphatic heterocycles. The van der Waals surface area contributed by atoms with Gasteiger partial charge in [-0.05, 0) is 44.7 Å². The van der Waals surface area contributed by atoms with Crippen LogP contribution in [0.2, 0.25) is 0 Å². The number of piperidine rings is 1. The molecule has 6 heteroatoms. The highest BCUT2D eigenvalue weighted by Crippen LogP contribution is 2.30. The largest absolute Gasteiger partial charge is 0.317 e. The maximum absolute atomic E-state index is 12.6. The zero-order chi connectivity index (χ0) is 13.3. The summed E-state index contributed by atoms with van der Waals surface area (Å²) in [5.41, 5.74) is 0. The van der Waals surface area contributed by atoms with E-state index in [0.29, 0.717) is 19.0 Å². The smallest absolute Gasteiger partial charge is 0.282 e. The Morgan fingerprint density at radius 1 is 1.00 bits per heavy atom. The van der Waals surface area contributed by atoms with E-state index >= 15 is 0 Å². The van der Waals surface area contributed by atoms with E-state index in [4.69, 9.17) is 0 Å². The molecule has 1 saturated carbocycles. The van der Waals surface area contributed by atoms with Crippen molar-refractivity contribution < 1.29 is 8.42 Å². The monoisotopic (exact) mass is 287 g/mol. The third kappa shape index (κ3) is 2.82. The molecule has 3 aliphatic rings. The van der Waals surface area contributed by atoms with E-state index < -0.39 is 10.2 Å². The Labute approximate surface area is 116 Å². The van der Waals surface area contributed by atoms with Crippen LogP contribution in [0, 0.1) is 5.92 Å². The van der Waals surface area contributed by atoms with Gasteiger partial charge in [-0.3, -0.25) is 0 Å². The van der Waals surface area contributed by atoms with E-state index in [1.807, 2.05) is 0 Å². The van der Waals surface area contributed by atoms with Gasteiger partial charge in [-0.15, -0.1) is 0 Å². The van der Waals surface area contributed by atoms with Gasteiger partial charge >= 0.3 is 0 Å². The minimum Gasteiger partial charge on any atom is -0.317 e. The summed E-state index contributed by atoms with van der Waals surface area (Å²) < 4.78 is 28.7. The molecule has 19 heavy (non-hydrogen) atoms. The van der Waals surface area contributed by atoms with Gasteiger partial charge in [0.1, 0.15) is 0 Å². The predicted octanol–water partition coefficient (Wildman–Crippen LogP) is 0.791. The average molecular weight is 287 g/mol. The first-order valence-corrected chi connectivity index (χ1v) is 9.05. The standard InChI is InChI=1S/C13H25N3O2S/c17-19(18)15(11-12-5-7-14-8-6-12)9-10-16(19)13-3-1-2-4-13/h12-14H,1-11H2. The van der Waals surface area contributed by atoms with Gasteiger partial charge in [0, 0.05) is 25.7 Å². The topological polar surface area (TPSA) is 52.7 Å². The number of nitrogens with zero attached hydrogens (tertiary/aromatic N) is 2. The molecule has 0 atom stereocenters. The molecule has 0 aromatic heterocycles. The number of rotatable bonds is 3. The second-order valence-electron chi connectivity index (χ2n) is 6.11. The zero-order valence-electron chi connectivity index (χ0n) is 11.6. The Balaban J connectivity index is 1.63. The van der Waals surface area contributed by atoms with Crippen molar-refractivity contribution in [3.63, 3.8) is 0 Å². The van der Waals surface area contributed by atoms with Gasteiger partial charge in [0.05, 0.1) is 0 Å². The second kappa shape index (κ2) is 5.68. The summed E-state index contributed by atoms with van der Waals surface area (Å²) in [5, 5.41) is 3.34. The van der Waals surface area contributed by atoms with E-state index in [9.17, 15) is 8.42 Å². The molecule has 0 aromatic carbocycles. The van der Waals surface area contributed by atoms with Gasteiger partial charge < -0.3 is 5.32 Å². The summed E-state index contributed by atoms with van der Waals surface area (Å²) in [6.07, 6.45) is 6.70. The van der Waals surface area contributed by atoms with Crippen molar-refractivity contribution in [2.75, 3.05) is 32.7 Å². The van der Waals surface area contributed by atoms with Crippen LogP contribution in [0.3, 0.4) is 0 Å². The fraction of sp³-hybridized carbons (Fsp3) is 1.00. The minimum absolute atomic E-state index is 0.281. The molecule has 0 spiro atoms. The van der Waals surface area contributed by atoms with E-state index in [-0.39, 0.29) is 6.04 Å². The maximum Gasteiger partial charge on any atom is 0.282 e. The molecular weight excluding hydrogens is 262 g/mol. The second-order valence-corrected chi connectivity index (χ2v) is 7.99. The van der Waals surface area contributed by atoms with Gasteiger partial charge in [0.2, 0.25) is 0 Å². The van der Waals surface area contributed by atoms with Crippen LogP contribution in [-0.2, 0) is 10.2 Å². The molecule has 1 aliphatic carbocycles. The Kier molecular flexibility index (Phi) is 4.12. The van der Waals surface area contributed by atoms with Crippen molar-refractivity contribution in [3.8, 4) is 0 Å². The maximum atomic E-state index is 12.6. The minimum atomic E-state index is -3.16. The van der Waals surface area contributed by atoms with Crippen LogP contribution in [0.25, 0.3) is 0 Å². The third-order valence-corrected chi connectivity index (χ3v) is 6.90. The summed E-state index contributed by atoms with van der Waals surface area (Å²) in [7, 11) is -3.16. The van der Waals surface area contributed by atoms with Crippen molar-refractivity contribution in [1.82, 2.24) is 13.9 Å². The highest BCUT2D eigenvalue weighted by molar-refractivity contribution is 7.87. The molecule has 3 fully saturated rings. The molecule has 5 nitrogen and oxygen atoms in total. The van der Waals surface area contributed by atoms with Crippen LogP contribution in [0.1, 0.15) is 38.5 Å². The van der Waals surface area contributed by atoms with Crippen LogP contribution >= 0.6 is 0 Å². The van der Waals surface area contributed by atoms with Crippen LogP contribution < -0.4 is 5.32 Å². The lowest BCUT2D eigenvalue weighted by molar-refractivity contribution is 0.301. The molecule has 0 unspecified atom stereocenters. The number of nitrogens with one attached hydrogen (secondary N) is 1. The van der Waals surface area contributed by atoms with Gasteiger partial charge in [-0.1, -0.05) is 12.8 Å². The summed E-state index contributed by atoms with van der Waals surface area (Å²) in [4.78, 5) is 0. The number of hydrogen-bond acceptors (Lipinski definition) is 3. The average Bonchev–Trinajstić information content (AvgIpc) is 3.00. The molecule has 0 bridgehead atoms. The van der Waals surface area contributed by atoms with E-state index in [1.165, 1.54) is 12.8 Å². The summed E-state index contributed by atoms with van der Waals surface area (Å²) >= 11 is 0. The van der Waals surface area contributed by atoms with E-state index in [2.05, 4.69) is 5.32 Å². The quantitative estimate of drug-likeness (QED) is 0.835. The highest BCUT2D eigenvalue weighted by Gasteiger charge is 2.42. The molecule has 1 N–H and O–H groups in total. The molecular formula is C13H25N3O2S. The first-order valence-electron chi connectivity index (χ1n) is 7.65. The lowest BCUT2D eigenvalue weighted by atomic mass is 9.98. The Morgan fingerprint density at radius 2 is 1.68 bits per heavy atom. The SMILES string of the molecule is O=S1(=O)N(CC2CCNCC2)CCN1C1CCCC1. The first kappa shape index (κ1) is 13.8. The summed E-state index contributed by atoms with van der Waals surface area (Å²) in [6.45, 7) is 4.20. The predicted molar refractivity (Wildman–Crippen MR) is 75.0 cm³/mol. The normalized spacial score (nSPS) is 31.2.